The predicted molar refractivity (Wildman–Crippen MR) is 406 cm³/mol. The first kappa shape index (κ1) is 90.7. The fraction of sp³-hybridized carbons (Fsp3) is 0.824. The second-order valence-electron chi connectivity index (χ2n) is 28.7. The van der Waals surface area contributed by atoms with Crippen LogP contribution in [0, 0.1) is 0 Å². The lowest BCUT2D eigenvalue weighted by Crippen LogP contribution is -2.40. The second-order valence-corrected chi connectivity index (χ2v) is 28.7. The SMILES string of the molecule is CC/C=C\C/C=C\C/C=C\C/C=C\C/C=C\C/C=C\CCCCCCCCCCCCCCC(=O)OC(COC(=O)CCCCCCCCCCCCCCCCCCCCCCCCCCCCCCCCCCCCCCCC)COC(OCC[N+](C)(C)C)C(=O)O. The van der Waals surface area contributed by atoms with E-state index >= 15 is 0 Å². The molecule has 94 heavy (non-hydrogen) atoms. The topological polar surface area (TPSA) is 108 Å². The Labute approximate surface area is 583 Å². The van der Waals surface area contributed by atoms with Crippen LogP contribution in [0.1, 0.15) is 393 Å². The first-order valence-electron chi connectivity index (χ1n) is 40.6. The molecular weight excluding hydrogens is 1160 g/mol. The molecule has 0 aromatic carbocycles. The molecule has 1 N–H and O–H groups in total. The molecule has 0 spiro atoms. The predicted octanol–water partition coefficient (Wildman–Crippen LogP) is 26.0. The zero-order valence-corrected chi connectivity index (χ0v) is 62.9. The molecule has 548 valence electrons. The van der Waals surface area contributed by atoms with Gasteiger partial charge in [-0.15, -0.1) is 0 Å². The highest BCUT2D eigenvalue weighted by molar-refractivity contribution is 5.71. The number of nitrogens with zero attached hydrogens (tertiary/aromatic N) is 1. The third-order valence-corrected chi connectivity index (χ3v) is 18.2. The van der Waals surface area contributed by atoms with Crippen LogP contribution in [0.15, 0.2) is 72.9 Å². The number of rotatable bonds is 76. The summed E-state index contributed by atoms with van der Waals surface area (Å²) in [6.45, 7) is 4.82. The largest absolute Gasteiger partial charge is 0.477 e. The highest BCUT2D eigenvalue weighted by atomic mass is 16.7. The molecule has 0 bridgehead atoms. The molecule has 9 heteroatoms. The lowest BCUT2D eigenvalue weighted by atomic mass is 10.0. The van der Waals surface area contributed by atoms with E-state index in [1.54, 1.807) is 0 Å². The van der Waals surface area contributed by atoms with Gasteiger partial charge in [-0.2, -0.15) is 0 Å². The number of likely N-dealkylation sites (N-methyl/N-ethyl adjacent to an activating group) is 1. The Kier molecular flexibility index (Phi) is 72.9. The van der Waals surface area contributed by atoms with E-state index < -0.39 is 24.3 Å². The van der Waals surface area contributed by atoms with Crippen molar-refractivity contribution in [1.82, 2.24) is 0 Å². The van der Waals surface area contributed by atoms with Gasteiger partial charge in [0, 0.05) is 12.8 Å². The highest BCUT2D eigenvalue weighted by Gasteiger charge is 2.25. The van der Waals surface area contributed by atoms with E-state index in [-0.39, 0.29) is 32.2 Å². The summed E-state index contributed by atoms with van der Waals surface area (Å²) in [5, 5.41) is 9.77. The van der Waals surface area contributed by atoms with E-state index in [1.165, 1.54) is 283 Å². The number of quaternary nitrogens is 1. The van der Waals surface area contributed by atoms with E-state index in [1.807, 2.05) is 21.1 Å². The number of aliphatic carboxylic acids is 1. The van der Waals surface area contributed by atoms with Crippen molar-refractivity contribution >= 4 is 17.9 Å². The summed E-state index contributed by atoms with van der Waals surface area (Å²) in [4.78, 5) is 37.7. The Hall–Kier alpha value is -3.27. The van der Waals surface area contributed by atoms with Crippen molar-refractivity contribution in [2.45, 2.75) is 405 Å². The van der Waals surface area contributed by atoms with Gasteiger partial charge in [-0.25, -0.2) is 4.79 Å². The van der Waals surface area contributed by atoms with Crippen LogP contribution in [0.25, 0.3) is 0 Å². The standard InChI is InChI=1S/C85H155NO8/c1-6-8-10-12-14-16-18-20-22-24-26-28-30-32-34-36-38-39-40-41-42-43-44-46-47-49-51-53-55-57-59-61-63-65-67-69-71-73-75-82(87)92-79-81(80-93-85(84(89)90)91-78-77-86(3,4)5)94-83(88)76-74-72-70-68-66-64-62-60-58-56-54-52-50-48-45-37-35-33-31-29-27-25-23-21-19-17-15-13-11-9-7-2/h9,11,15,17,21,23,27,29,33,35,45,48,81,85H,6-8,10,12-14,16,18-20,22,24-26,28,30-32,34,36-44,46-47,49-80H2,1-5H3/p+1/b11-9-,17-15-,23-21-,29-27-,35-33-,48-45-. The van der Waals surface area contributed by atoms with Crippen molar-refractivity contribution in [2.24, 2.45) is 0 Å². The highest BCUT2D eigenvalue weighted by Crippen LogP contribution is 2.20. The molecule has 0 aliphatic rings. The molecular formula is C85H156NO8+. The fourth-order valence-corrected chi connectivity index (χ4v) is 12.1. The fourth-order valence-electron chi connectivity index (χ4n) is 12.1. The van der Waals surface area contributed by atoms with Crippen molar-refractivity contribution < 1.29 is 42.9 Å². The van der Waals surface area contributed by atoms with Crippen molar-refractivity contribution in [1.29, 1.82) is 0 Å². The Morgan fingerprint density at radius 1 is 0.330 bits per heavy atom. The number of carboxylic acid groups (broad SMARTS) is 1. The molecule has 0 aliphatic carbocycles. The van der Waals surface area contributed by atoms with E-state index in [4.69, 9.17) is 18.9 Å². The van der Waals surface area contributed by atoms with Crippen LogP contribution in [0.5, 0.6) is 0 Å². The number of hydrogen-bond donors (Lipinski definition) is 1. The van der Waals surface area contributed by atoms with Crippen molar-refractivity contribution in [2.75, 3.05) is 47.5 Å². The maximum Gasteiger partial charge on any atom is 0.361 e. The number of ether oxygens (including phenoxy) is 4. The molecule has 0 aromatic rings. The van der Waals surface area contributed by atoms with Gasteiger partial charge in [0.1, 0.15) is 13.2 Å². The molecule has 9 nitrogen and oxygen atoms in total. The van der Waals surface area contributed by atoms with Crippen LogP contribution in [-0.2, 0) is 33.3 Å². The number of allylic oxidation sites excluding steroid dienone is 12. The van der Waals surface area contributed by atoms with Gasteiger partial charge >= 0.3 is 17.9 Å². The first-order valence-corrected chi connectivity index (χ1v) is 40.6. The summed E-state index contributed by atoms with van der Waals surface area (Å²) in [7, 11) is 5.99. The monoisotopic (exact) mass is 1320 g/mol. The maximum atomic E-state index is 13.0. The molecule has 0 aromatic heterocycles. The van der Waals surface area contributed by atoms with Crippen LogP contribution in [0.4, 0.5) is 0 Å². The van der Waals surface area contributed by atoms with Crippen molar-refractivity contribution in [3.63, 3.8) is 0 Å². The zero-order chi connectivity index (χ0) is 68.2. The summed E-state index contributed by atoms with van der Waals surface area (Å²) < 4.78 is 23.1. The minimum Gasteiger partial charge on any atom is -0.477 e. The van der Waals surface area contributed by atoms with Crippen LogP contribution in [0.3, 0.4) is 0 Å². The van der Waals surface area contributed by atoms with Gasteiger partial charge in [-0.3, -0.25) is 9.59 Å². The molecule has 2 atom stereocenters. The Bertz CT molecular complexity index is 1780. The molecule has 2 unspecified atom stereocenters. The molecule has 0 amide bonds. The van der Waals surface area contributed by atoms with Gasteiger partial charge in [0.25, 0.3) is 6.29 Å². The zero-order valence-electron chi connectivity index (χ0n) is 62.9. The average molecular weight is 1320 g/mol. The lowest BCUT2D eigenvalue weighted by Gasteiger charge is -2.25. The first-order chi connectivity index (χ1) is 46.1. The summed E-state index contributed by atoms with van der Waals surface area (Å²) in [5.41, 5.74) is 0. The number of carboxylic acids is 1. The van der Waals surface area contributed by atoms with E-state index in [0.717, 1.165) is 83.5 Å². The number of esters is 2. The van der Waals surface area contributed by atoms with Gasteiger partial charge in [-0.05, 0) is 64.2 Å². The van der Waals surface area contributed by atoms with Crippen LogP contribution in [0.2, 0.25) is 0 Å². The number of unbranched alkanes of at least 4 members (excludes halogenated alkanes) is 49. The minimum atomic E-state index is -1.51. The van der Waals surface area contributed by atoms with Gasteiger partial charge in [0.2, 0.25) is 0 Å². The van der Waals surface area contributed by atoms with Gasteiger partial charge in [-0.1, -0.05) is 389 Å². The molecule has 0 fully saturated rings. The summed E-state index contributed by atoms with van der Waals surface area (Å²) in [5.74, 6) is -1.99. The van der Waals surface area contributed by atoms with Crippen LogP contribution < -0.4 is 0 Å². The number of carbonyl (C=O) groups excluding carboxylic acids is 2. The summed E-state index contributed by atoms with van der Waals surface area (Å²) in [6.07, 6.45) is 99.3. The van der Waals surface area contributed by atoms with Crippen LogP contribution >= 0.6 is 0 Å². The molecule has 0 heterocycles. The Morgan fingerprint density at radius 2 is 0.606 bits per heavy atom. The molecule has 0 saturated carbocycles. The molecule has 0 aliphatic heterocycles. The van der Waals surface area contributed by atoms with Gasteiger partial charge in [0.15, 0.2) is 6.10 Å². The van der Waals surface area contributed by atoms with E-state index in [0.29, 0.717) is 17.4 Å². The van der Waals surface area contributed by atoms with Gasteiger partial charge in [0.05, 0.1) is 34.4 Å². The smallest absolute Gasteiger partial charge is 0.361 e. The second kappa shape index (κ2) is 75.5. The van der Waals surface area contributed by atoms with E-state index in [9.17, 15) is 19.5 Å². The Balaban J connectivity index is 3.98. The molecule has 0 rings (SSSR count). The van der Waals surface area contributed by atoms with Crippen molar-refractivity contribution in [3.8, 4) is 0 Å². The minimum absolute atomic E-state index is 0.181. The maximum absolute atomic E-state index is 13.0. The normalized spacial score (nSPS) is 13.0. The lowest BCUT2D eigenvalue weighted by molar-refractivity contribution is -0.870. The third kappa shape index (κ3) is 76.1. The summed E-state index contributed by atoms with van der Waals surface area (Å²) in [6, 6.07) is 0. The van der Waals surface area contributed by atoms with Crippen LogP contribution in [-0.4, -0.2) is 87.4 Å². The summed E-state index contributed by atoms with van der Waals surface area (Å²) >= 11 is 0. The quantitative estimate of drug-likeness (QED) is 0.0211. The van der Waals surface area contributed by atoms with E-state index in [2.05, 4.69) is 86.8 Å². The molecule has 0 radical (unpaired) electrons. The average Bonchev–Trinajstić information content (AvgIpc) is 3.76. The van der Waals surface area contributed by atoms with Crippen molar-refractivity contribution in [3.05, 3.63) is 72.9 Å². The Morgan fingerprint density at radius 3 is 0.904 bits per heavy atom. The number of hydrogen-bond acceptors (Lipinski definition) is 7. The molecule has 0 saturated heterocycles. The number of carbonyl (C=O) groups is 3. The third-order valence-electron chi connectivity index (χ3n) is 18.2. The van der Waals surface area contributed by atoms with Gasteiger partial charge < -0.3 is 28.5 Å².